The highest BCUT2D eigenvalue weighted by atomic mass is 32.1. The molecular weight excluding hydrogens is 232 g/mol. The lowest BCUT2D eigenvalue weighted by molar-refractivity contribution is 0.101. The molecule has 0 aliphatic carbocycles. The van der Waals surface area contributed by atoms with E-state index in [9.17, 15) is 4.79 Å². The molecule has 0 radical (unpaired) electrons. The second kappa shape index (κ2) is 5.15. The molecular formula is C14H14O2S. The fraction of sp³-hybridized carbons (Fsp3) is 0.214. The zero-order chi connectivity index (χ0) is 12.3. The summed E-state index contributed by atoms with van der Waals surface area (Å²) in [6.07, 6.45) is 0. The zero-order valence-electron chi connectivity index (χ0n) is 9.90. The first-order chi connectivity index (χ1) is 8.16. The van der Waals surface area contributed by atoms with E-state index in [1.807, 2.05) is 36.6 Å². The summed E-state index contributed by atoms with van der Waals surface area (Å²) in [6, 6.07) is 9.59. The van der Waals surface area contributed by atoms with Crippen molar-refractivity contribution in [3.8, 4) is 5.75 Å². The van der Waals surface area contributed by atoms with Gasteiger partial charge in [-0.1, -0.05) is 6.07 Å². The van der Waals surface area contributed by atoms with Crippen molar-refractivity contribution in [3.05, 3.63) is 51.7 Å². The molecule has 0 fully saturated rings. The maximum atomic E-state index is 11.2. The number of Topliss-reactive ketones (excluding diaryl/α,β-unsaturated/α-hetero) is 1. The molecule has 3 heteroatoms. The maximum Gasteiger partial charge on any atom is 0.159 e. The van der Waals surface area contributed by atoms with Crippen LogP contribution in [0.2, 0.25) is 0 Å². The summed E-state index contributed by atoms with van der Waals surface area (Å²) in [5, 5.41) is 2.03. The topological polar surface area (TPSA) is 26.3 Å². The smallest absolute Gasteiger partial charge is 0.159 e. The monoisotopic (exact) mass is 246 g/mol. The molecule has 17 heavy (non-hydrogen) atoms. The lowest BCUT2D eigenvalue weighted by Gasteiger charge is -2.08. The third-order valence-electron chi connectivity index (χ3n) is 2.53. The Bertz CT molecular complexity index is 515. The molecule has 0 spiro atoms. The number of carbonyl (C=O) groups is 1. The molecule has 0 amide bonds. The fourth-order valence-electron chi connectivity index (χ4n) is 1.57. The van der Waals surface area contributed by atoms with Crippen LogP contribution in [0.15, 0.2) is 35.7 Å². The summed E-state index contributed by atoms with van der Waals surface area (Å²) in [5.74, 6) is 0.918. The predicted octanol–water partition coefficient (Wildman–Crippen LogP) is 3.84. The molecule has 0 aliphatic heterocycles. The molecule has 1 aromatic carbocycles. The highest BCUT2D eigenvalue weighted by Gasteiger charge is 2.04. The van der Waals surface area contributed by atoms with Crippen LogP contribution >= 0.6 is 11.3 Å². The van der Waals surface area contributed by atoms with Gasteiger partial charge >= 0.3 is 0 Å². The van der Waals surface area contributed by atoms with Crippen LogP contribution in [0.4, 0.5) is 0 Å². The molecule has 2 nitrogen and oxygen atoms in total. The van der Waals surface area contributed by atoms with Crippen LogP contribution in [-0.4, -0.2) is 5.78 Å². The maximum absolute atomic E-state index is 11.2. The largest absolute Gasteiger partial charge is 0.488 e. The Morgan fingerprint density at radius 3 is 2.76 bits per heavy atom. The molecule has 0 bridgehead atoms. The van der Waals surface area contributed by atoms with E-state index < -0.39 is 0 Å². The molecule has 0 N–H and O–H groups in total. The molecule has 0 atom stereocenters. The van der Waals surface area contributed by atoms with Gasteiger partial charge in [-0.2, -0.15) is 0 Å². The number of hydrogen-bond acceptors (Lipinski definition) is 3. The minimum absolute atomic E-state index is 0.0814. The quantitative estimate of drug-likeness (QED) is 0.766. The van der Waals surface area contributed by atoms with Crippen LogP contribution in [0, 0.1) is 6.92 Å². The van der Waals surface area contributed by atoms with Gasteiger partial charge in [-0.15, -0.1) is 11.3 Å². The number of hydrogen-bond donors (Lipinski definition) is 0. The predicted molar refractivity (Wildman–Crippen MR) is 69.8 cm³/mol. The second-order valence-electron chi connectivity index (χ2n) is 3.90. The Kier molecular flexibility index (Phi) is 3.59. The summed E-state index contributed by atoms with van der Waals surface area (Å²) in [6.45, 7) is 4.11. The number of aryl methyl sites for hydroxylation is 1. The van der Waals surface area contributed by atoms with Crippen molar-refractivity contribution in [2.75, 3.05) is 0 Å². The van der Waals surface area contributed by atoms with Gasteiger partial charge in [0.1, 0.15) is 12.4 Å². The summed E-state index contributed by atoms with van der Waals surface area (Å²) in [4.78, 5) is 12.4. The second-order valence-corrected chi connectivity index (χ2v) is 4.94. The first-order valence-electron chi connectivity index (χ1n) is 5.43. The van der Waals surface area contributed by atoms with Crippen LogP contribution in [0.25, 0.3) is 0 Å². The summed E-state index contributed by atoms with van der Waals surface area (Å²) < 4.78 is 5.72. The summed E-state index contributed by atoms with van der Waals surface area (Å²) >= 11 is 1.68. The Hall–Kier alpha value is -1.61. The van der Waals surface area contributed by atoms with Gasteiger partial charge in [0.2, 0.25) is 0 Å². The normalized spacial score (nSPS) is 10.2. The van der Waals surface area contributed by atoms with Gasteiger partial charge in [-0.3, -0.25) is 4.79 Å². The van der Waals surface area contributed by atoms with Gasteiger partial charge in [-0.25, -0.2) is 0 Å². The molecule has 2 rings (SSSR count). The average molecular weight is 246 g/mol. The molecule has 2 aromatic rings. The van der Waals surface area contributed by atoms with E-state index in [4.69, 9.17) is 4.74 Å². The number of ketones is 1. The lowest BCUT2D eigenvalue weighted by atomic mass is 10.1. The highest BCUT2D eigenvalue weighted by molar-refractivity contribution is 7.09. The summed E-state index contributed by atoms with van der Waals surface area (Å²) in [7, 11) is 0. The van der Waals surface area contributed by atoms with Crippen molar-refractivity contribution in [1.29, 1.82) is 0 Å². The van der Waals surface area contributed by atoms with Crippen molar-refractivity contribution in [1.82, 2.24) is 0 Å². The van der Waals surface area contributed by atoms with Crippen LogP contribution in [-0.2, 0) is 6.61 Å². The van der Waals surface area contributed by atoms with Crippen molar-refractivity contribution >= 4 is 17.1 Å². The van der Waals surface area contributed by atoms with Crippen molar-refractivity contribution in [2.24, 2.45) is 0 Å². The van der Waals surface area contributed by atoms with Crippen molar-refractivity contribution in [2.45, 2.75) is 20.5 Å². The van der Waals surface area contributed by atoms with E-state index in [-0.39, 0.29) is 5.78 Å². The van der Waals surface area contributed by atoms with E-state index in [2.05, 4.69) is 0 Å². The van der Waals surface area contributed by atoms with Crippen LogP contribution < -0.4 is 4.74 Å². The minimum Gasteiger partial charge on any atom is -0.488 e. The zero-order valence-corrected chi connectivity index (χ0v) is 10.7. The molecule has 0 aliphatic rings. The van der Waals surface area contributed by atoms with Crippen molar-refractivity contribution < 1.29 is 9.53 Å². The third-order valence-corrected chi connectivity index (χ3v) is 3.38. The number of thiophene rings is 1. The van der Waals surface area contributed by atoms with E-state index >= 15 is 0 Å². The molecule has 1 heterocycles. The first kappa shape index (κ1) is 11.9. The van der Waals surface area contributed by atoms with E-state index in [0.29, 0.717) is 6.61 Å². The van der Waals surface area contributed by atoms with E-state index in [0.717, 1.165) is 16.9 Å². The first-order valence-corrected chi connectivity index (χ1v) is 6.31. The minimum atomic E-state index is 0.0814. The van der Waals surface area contributed by atoms with Gasteiger partial charge in [0, 0.05) is 10.4 Å². The Labute approximate surface area is 105 Å². The Morgan fingerprint density at radius 1 is 1.35 bits per heavy atom. The molecule has 88 valence electrons. The van der Waals surface area contributed by atoms with Gasteiger partial charge < -0.3 is 4.74 Å². The van der Waals surface area contributed by atoms with Crippen LogP contribution in [0.1, 0.15) is 27.7 Å². The number of rotatable bonds is 4. The van der Waals surface area contributed by atoms with Crippen LogP contribution in [0.3, 0.4) is 0 Å². The lowest BCUT2D eigenvalue weighted by Crippen LogP contribution is -1.97. The molecule has 0 saturated carbocycles. The Balaban J connectivity index is 2.09. The average Bonchev–Trinajstić information content (AvgIpc) is 2.80. The molecule has 0 saturated heterocycles. The van der Waals surface area contributed by atoms with Gasteiger partial charge in [-0.05, 0) is 49.1 Å². The number of benzene rings is 1. The summed E-state index contributed by atoms with van der Waals surface area (Å²) in [5.41, 5.74) is 1.72. The number of carbonyl (C=O) groups excluding carboxylic acids is 1. The number of ether oxygens (including phenoxy) is 1. The fourth-order valence-corrected chi connectivity index (χ4v) is 2.19. The van der Waals surface area contributed by atoms with Gasteiger partial charge in [0.15, 0.2) is 5.78 Å². The van der Waals surface area contributed by atoms with Gasteiger partial charge in [0.25, 0.3) is 0 Å². The highest BCUT2D eigenvalue weighted by Crippen LogP contribution is 2.21. The standard InChI is InChI=1S/C14H14O2S/c1-10-8-12(11(2)15)5-6-14(10)16-9-13-4-3-7-17-13/h3-8H,9H2,1-2H3. The molecule has 0 unspecified atom stereocenters. The van der Waals surface area contributed by atoms with E-state index in [1.165, 1.54) is 4.88 Å². The van der Waals surface area contributed by atoms with Gasteiger partial charge in [0.05, 0.1) is 0 Å². The Morgan fingerprint density at radius 2 is 2.18 bits per heavy atom. The van der Waals surface area contributed by atoms with Crippen LogP contribution in [0.5, 0.6) is 5.75 Å². The molecule has 1 aromatic heterocycles. The van der Waals surface area contributed by atoms with Crippen molar-refractivity contribution in [3.63, 3.8) is 0 Å². The SMILES string of the molecule is CC(=O)c1ccc(OCc2cccs2)c(C)c1. The van der Waals surface area contributed by atoms with E-state index in [1.54, 1.807) is 24.3 Å². The third kappa shape index (κ3) is 2.94.